The van der Waals surface area contributed by atoms with E-state index in [1.165, 1.54) is 4.90 Å². The zero-order valence-electron chi connectivity index (χ0n) is 14.5. The van der Waals surface area contributed by atoms with E-state index < -0.39 is 11.9 Å². The highest BCUT2D eigenvalue weighted by atomic mass is 35.5. The molecule has 0 spiro atoms. The molecule has 3 amide bonds. The van der Waals surface area contributed by atoms with Crippen molar-refractivity contribution in [1.29, 1.82) is 0 Å². The van der Waals surface area contributed by atoms with Crippen LogP contribution in [0.4, 0.5) is 4.79 Å². The van der Waals surface area contributed by atoms with Crippen LogP contribution in [-0.2, 0) is 9.59 Å². The van der Waals surface area contributed by atoms with Crippen molar-refractivity contribution in [3.8, 4) is 0 Å². The van der Waals surface area contributed by atoms with E-state index in [1.54, 1.807) is 24.1 Å². The van der Waals surface area contributed by atoms with Gasteiger partial charge in [0.2, 0.25) is 5.91 Å². The fraction of sp³-hybridized carbons (Fsp3) is 0.500. The molecule has 0 saturated carbocycles. The lowest BCUT2D eigenvalue weighted by Gasteiger charge is -2.33. The number of nitrogens with zero attached hydrogens (tertiary/aromatic N) is 2. The van der Waals surface area contributed by atoms with E-state index in [2.05, 4.69) is 5.32 Å². The van der Waals surface area contributed by atoms with Crippen molar-refractivity contribution >= 4 is 29.5 Å². The molecule has 2 aliphatic rings. The number of carboxylic acids is 1. The van der Waals surface area contributed by atoms with Crippen molar-refractivity contribution in [2.24, 2.45) is 5.92 Å². The van der Waals surface area contributed by atoms with E-state index >= 15 is 0 Å². The lowest BCUT2D eigenvalue weighted by Crippen LogP contribution is -2.50. The van der Waals surface area contributed by atoms with Gasteiger partial charge in [-0.25, -0.2) is 4.79 Å². The first-order chi connectivity index (χ1) is 12.4. The summed E-state index contributed by atoms with van der Waals surface area (Å²) < 4.78 is 0. The quantitative estimate of drug-likeness (QED) is 0.841. The molecule has 2 fully saturated rings. The number of carbonyl (C=O) groups excluding carboxylic acids is 2. The zero-order valence-corrected chi connectivity index (χ0v) is 15.3. The van der Waals surface area contributed by atoms with Gasteiger partial charge in [0.1, 0.15) is 0 Å². The summed E-state index contributed by atoms with van der Waals surface area (Å²) in [6.45, 7) is 0.723. The average molecular weight is 380 g/mol. The van der Waals surface area contributed by atoms with Crippen LogP contribution in [0.5, 0.6) is 0 Å². The molecule has 3 unspecified atom stereocenters. The summed E-state index contributed by atoms with van der Waals surface area (Å²) in [7, 11) is 1.72. The number of amides is 3. The summed E-state index contributed by atoms with van der Waals surface area (Å²) in [5.74, 6) is -1.45. The summed E-state index contributed by atoms with van der Waals surface area (Å²) >= 11 is 5.94. The lowest BCUT2D eigenvalue weighted by molar-refractivity contribution is -0.143. The summed E-state index contributed by atoms with van der Waals surface area (Å²) in [6, 6.07) is 6.26. The summed E-state index contributed by atoms with van der Waals surface area (Å²) in [4.78, 5) is 39.2. The number of urea groups is 1. The first-order valence-corrected chi connectivity index (χ1v) is 9.04. The molecule has 1 aromatic carbocycles. The Morgan fingerprint density at radius 2 is 1.96 bits per heavy atom. The van der Waals surface area contributed by atoms with Crippen LogP contribution < -0.4 is 5.32 Å². The van der Waals surface area contributed by atoms with Crippen LogP contribution >= 0.6 is 11.6 Å². The molecule has 3 atom stereocenters. The van der Waals surface area contributed by atoms with Gasteiger partial charge in [-0.2, -0.15) is 0 Å². The Morgan fingerprint density at radius 1 is 1.27 bits per heavy atom. The van der Waals surface area contributed by atoms with Gasteiger partial charge in [-0.05, 0) is 30.5 Å². The van der Waals surface area contributed by atoms with E-state index in [9.17, 15) is 19.5 Å². The van der Waals surface area contributed by atoms with Crippen molar-refractivity contribution in [2.75, 3.05) is 20.1 Å². The minimum absolute atomic E-state index is 0.0442. The maximum absolute atomic E-state index is 12.6. The topological polar surface area (TPSA) is 90.0 Å². The van der Waals surface area contributed by atoms with Gasteiger partial charge in [0.05, 0.1) is 18.0 Å². The molecular weight excluding hydrogens is 358 g/mol. The molecule has 1 aromatic rings. The number of hydrogen-bond donors (Lipinski definition) is 2. The number of likely N-dealkylation sites (tertiary alicyclic amines) is 2. The van der Waals surface area contributed by atoms with Gasteiger partial charge in [-0.15, -0.1) is 0 Å². The molecule has 2 N–H and O–H groups in total. The minimum atomic E-state index is -0.877. The normalized spacial score (nSPS) is 26.1. The van der Waals surface area contributed by atoms with Crippen LogP contribution in [0.15, 0.2) is 24.3 Å². The predicted molar refractivity (Wildman–Crippen MR) is 95.8 cm³/mol. The van der Waals surface area contributed by atoms with Crippen molar-refractivity contribution in [2.45, 2.75) is 31.3 Å². The Bertz CT molecular complexity index is 709. The Kier molecular flexibility index (Phi) is 5.36. The third-order valence-electron chi connectivity index (χ3n) is 5.16. The van der Waals surface area contributed by atoms with Gasteiger partial charge in [-0.1, -0.05) is 23.7 Å². The van der Waals surface area contributed by atoms with E-state index in [1.807, 2.05) is 12.1 Å². The van der Waals surface area contributed by atoms with Crippen LogP contribution in [0.2, 0.25) is 5.02 Å². The van der Waals surface area contributed by atoms with E-state index in [0.29, 0.717) is 24.4 Å². The Balaban J connectivity index is 1.72. The number of carbonyl (C=O) groups is 3. The fourth-order valence-electron chi connectivity index (χ4n) is 3.73. The van der Waals surface area contributed by atoms with Crippen LogP contribution in [0.3, 0.4) is 0 Å². The standard InChI is InChI=1S/C18H22ClN3O4/c1-21-15(23)9-14(16(21)11-4-6-13(19)7-5-11)20-18(26)22-8-2-3-12(10-22)17(24)25/h4-7,12,14,16H,2-3,8-10H2,1H3,(H,20,26)(H,24,25). The third-order valence-corrected chi connectivity index (χ3v) is 5.42. The Hall–Kier alpha value is -2.28. The number of aliphatic carboxylic acids is 1. The molecule has 7 nitrogen and oxygen atoms in total. The fourth-order valence-corrected chi connectivity index (χ4v) is 3.85. The Labute approximate surface area is 156 Å². The van der Waals surface area contributed by atoms with E-state index in [-0.39, 0.29) is 37.0 Å². The van der Waals surface area contributed by atoms with Gasteiger partial charge < -0.3 is 20.2 Å². The highest BCUT2D eigenvalue weighted by molar-refractivity contribution is 6.30. The SMILES string of the molecule is CN1C(=O)CC(NC(=O)N2CCCC(C(=O)O)C2)C1c1ccc(Cl)cc1. The van der Waals surface area contributed by atoms with Crippen LogP contribution in [-0.4, -0.2) is 59.0 Å². The van der Waals surface area contributed by atoms with Crippen molar-refractivity contribution in [1.82, 2.24) is 15.1 Å². The lowest BCUT2D eigenvalue weighted by atomic mass is 9.98. The monoisotopic (exact) mass is 379 g/mol. The second kappa shape index (κ2) is 7.53. The Morgan fingerprint density at radius 3 is 2.62 bits per heavy atom. The highest BCUT2D eigenvalue weighted by Gasteiger charge is 2.40. The summed E-state index contributed by atoms with van der Waals surface area (Å²) in [6.07, 6.45) is 1.46. The first-order valence-electron chi connectivity index (χ1n) is 8.66. The first kappa shape index (κ1) is 18.5. The maximum Gasteiger partial charge on any atom is 0.317 e. The number of nitrogens with one attached hydrogen (secondary N) is 1. The molecule has 3 rings (SSSR count). The zero-order chi connectivity index (χ0) is 18.8. The van der Waals surface area contributed by atoms with E-state index in [4.69, 9.17) is 11.6 Å². The molecule has 2 aliphatic heterocycles. The molecule has 2 saturated heterocycles. The van der Waals surface area contributed by atoms with Gasteiger partial charge in [0, 0.05) is 31.6 Å². The molecular formula is C18H22ClN3O4. The minimum Gasteiger partial charge on any atom is -0.481 e. The molecule has 0 radical (unpaired) electrons. The summed E-state index contributed by atoms with van der Waals surface area (Å²) in [5, 5.41) is 12.7. The van der Waals surface area contributed by atoms with Crippen LogP contribution in [0.1, 0.15) is 30.9 Å². The number of likely N-dealkylation sites (N-methyl/N-ethyl adjacent to an activating group) is 1. The maximum atomic E-state index is 12.6. The second-order valence-electron chi connectivity index (χ2n) is 6.88. The smallest absolute Gasteiger partial charge is 0.317 e. The number of carboxylic acid groups (broad SMARTS) is 1. The number of benzene rings is 1. The van der Waals surface area contributed by atoms with Crippen molar-refractivity contribution in [3.05, 3.63) is 34.9 Å². The average Bonchev–Trinajstić information content (AvgIpc) is 2.90. The molecule has 0 aromatic heterocycles. The van der Waals surface area contributed by atoms with E-state index in [0.717, 1.165) is 5.56 Å². The molecule has 26 heavy (non-hydrogen) atoms. The van der Waals surface area contributed by atoms with Crippen LogP contribution in [0, 0.1) is 5.92 Å². The van der Waals surface area contributed by atoms with Gasteiger partial charge in [0.15, 0.2) is 0 Å². The predicted octanol–water partition coefficient (Wildman–Crippen LogP) is 2.12. The largest absolute Gasteiger partial charge is 0.481 e. The number of piperidine rings is 1. The number of rotatable bonds is 3. The molecule has 8 heteroatoms. The molecule has 2 heterocycles. The molecule has 140 valence electrons. The summed E-state index contributed by atoms with van der Waals surface area (Å²) in [5.41, 5.74) is 0.898. The highest BCUT2D eigenvalue weighted by Crippen LogP contribution is 2.32. The molecule has 0 aliphatic carbocycles. The van der Waals surface area contributed by atoms with Gasteiger partial charge in [0.25, 0.3) is 0 Å². The van der Waals surface area contributed by atoms with Crippen molar-refractivity contribution < 1.29 is 19.5 Å². The number of halogens is 1. The second-order valence-corrected chi connectivity index (χ2v) is 7.32. The van der Waals surface area contributed by atoms with Crippen LogP contribution in [0.25, 0.3) is 0 Å². The van der Waals surface area contributed by atoms with Crippen molar-refractivity contribution in [3.63, 3.8) is 0 Å². The van der Waals surface area contributed by atoms with Gasteiger partial charge in [-0.3, -0.25) is 9.59 Å². The van der Waals surface area contributed by atoms with Gasteiger partial charge >= 0.3 is 12.0 Å². The molecule has 0 bridgehead atoms. The number of hydrogen-bond acceptors (Lipinski definition) is 3. The third kappa shape index (κ3) is 3.77.